The summed E-state index contributed by atoms with van der Waals surface area (Å²) in [5, 5.41) is 32.4. The zero-order chi connectivity index (χ0) is 20.7. The van der Waals surface area contributed by atoms with E-state index < -0.39 is 9.85 Å². The van der Waals surface area contributed by atoms with Crippen LogP contribution in [0.2, 0.25) is 0 Å². The number of nitrogens with zero attached hydrogens (tertiary/aromatic N) is 4. The monoisotopic (exact) mass is 384 g/mol. The van der Waals surface area contributed by atoms with Crippen LogP contribution in [0.5, 0.6) is 0 Å². The molecule has 3 aromatic carbocycles. The lowest BCUT2D eigenvalue weighted by Crippen LogP contribution is -2.01. The molecule has 0 N–H and O–H groups in total. The molecule has 8 heteroatoms. The molecule has 4 rings (SSSR count). The molecule has 0 saturated carbocycles. The maximum absolute atomic E-state index is 11.7. The average molecular weight is 384 g/mol. The third-order valence-electron chi connectivity index (χ3n) is 4.72. The first kappa shape index (κ1) is 18.0. The van der Waals surface area contributed by atoms with Gasteiger partial charge in [0.05, 0.1) is 38.4 Å². The Kier molecular flexibility index (Phi) is 4.13. The van der Waals surface area contributed by atoms with E-state index in [1.54, 1.807) is 30.3 Å². The molecule has 0 amide bonds. The van der Waals surface area contributed by atoms with Crippen LogP contribution >= 0.6 is 0 Å². The fraction of sp³-hybridized carbons (Fsp3) is 0.0476. The Hall–Kier alpha value is -4.38. The van der Waals surface area contributed by atoms with E-state index >= 15 is 0 Å². The van der Waals surface area contributed by atoms with Crippen molar-refractivity contribution in [3.05, 3.63) is 97.1 Å². The summed E-state index contributed by atoms with van der Waals surface area (Å²) in [7, 11) is 0. The number of nitro benzene ring substituents is 2. The lowest BCUT2D eigenvalue weighted by Gasteiger charge is -2.04. The minimum absolute atomic E-state index is 0.295. The molecule has 1 aliphatic rings. The van der Waals surface area contributed by atoms with Gasteiger partial charge in [-0.05, 0) is 30.7 Å². The molecular weight excluding hydrogens is 372 g/mol. The first-order valence-electron chi connectivity index (χ1n) is 8.57. The summed E-state index contributed by atoms with van der Waals surface area (Å²) in [6, 6.07) is 16.4. The molecule has 0 bridgehead atoms. The quantitative estimate of drug-likeness (QED) is 0.370. The Labute approximate surface area is 164 Å². The number of non-ortho nitro benzene ring substituents is 1. The summed E-state index contributed by atoms with van der Waals surface area (Å²) in [5.41, 5.74) is 3.09. The minimum atomic E-state index is -0.664. The van der Waals surface area contributed by atoms with Crippen LogP contribution in [0.4, 0.5) is 17.1 Å². The topological polar surface area (TPSA) is 122 Å². The zero-order valence-corrected chi connectivity index (χ0v) is 15.1. The first-order valence-corrected chi connectivity index (χ1v) is 8.57. The van der Waals surface area contributed by atoms with Crippen LogP contribution in [0, 0.1) is 38.5 Å². The predicted molar refractivity (Wildman–Crippen MR) is 106 cm³/mol. The number of fused-ring (bicyclic) bond motifs is 3. The number of aryl methyl sites for hydroxylation is 1. The van der Waals surface area contributed by atoms with Crippen molar-refractivity contribution >= 4 is 22.8 Å². The predicted octanol–water partition coefficient (Wildman–Crippen LogP) is 4.83. The Bertz CT molecular complexity index is 1290. The van der Waals surface area contributed by atoms with E-state index in [2.05, 4.69) is 11.1 Å². The third-order valence-corrected chi connectivity index (χ3v) is 4.72. The summed E-state index contributed by atoms with van der Waals surface area (Å²) in [4.78, 5) is 26.4. The molecule has 0 heterocycles. The first-order chi connectivity index (χ1) is 13.9. The third kappa shape index (κ3) is 2.91. The van der Waals surface area contributed by atoms with Crippen molar-refractivity contribution in [2.75, 3.05) is 0 Å². The second kappa shape index (κ2) is 6.65. The largest absolute Gasteiger partial charge is 0.284 e. The second-order valence-electron chi connectivity index (χ2n) is 6.54. The van der Waals surface area contributed by atoms with E-state index in [0.717, 1.165) is 11.6 Å². The molecule has 1 aliphatic carbocycles. The number of hydrogen-bond donors (Lipinski definition) is 0. The van der Waals surface area contributed by atoms with E-state index in [1.807, 2.05) is 19.1 Å². The van der Waals surface area contributed by atoms with Gasteiger partial charge in [-0.15, -0.1) is 0 Å². The Morgan fingerprint density at radius 3 is 2.38 bits per heavy atom. The highest BCUT2D eigenvalue weighted by Gasteiger charge is 2.35. The number of hydrogen-bond acceptors (Lipinski definition) is 6. The zero-order valence-electron chi connectivity index (χ0n) is 15.1. The van der Waals surface area contributed by atoms with Crippen LogP contribution in [-0.4, -0.2) is 15.6 Å². The summed E-state index contributed by atoms with van der Waals surface area (Å²) >= 11 is 0. The molecule has 8 nitrogen and oxygen atoms in total. The second-order valence-corrected chi connectivity index (χ2v) is 6.54. The lowest BCUT2D eigenvalue weighted by molar-refractivity contribution is -0.393. The maximum Gasteiger partial charge on any atom is 0.284 e. The van der Waals surface area contributed by atoms with Gasteiger partial charge in [0.2, 0.25) is 0 Å². The minimum Gasteiger partial charge on any atom is -0.258 e. The average Bonchev–Trinajstić information content (AvgIpc) is 3.00. The lowest BCUT2D eigenvalue weighted by atomic mass is 10.0. The van der Waals surface area contributed by atoms with E-state index in [-0.39, 0.29) is 11.4 Å². The highest BCUT2D eigenvalue weighted by atomic mass is 16.6. The normalized spacial score (nSPS) is 12.9. The van der Waals surface area contributed by atoms with Gasteiger partial charge < -0.3 is 0 Å². The summed E-state index contributed by atoms with van der Waals surface area (Å²) in [5.74, 6) is 0. The van der Waals surface area contributed by atoms with Crippen LogP contribution in [0.25, 0.3) is 11.1 Å². The summed E-state index contributed by atoms with van der Waals surface area (Å²) < 4.78 is 0. The molecular formula is C21H12N4O4. The van der Waals surface area contributed by atoms with Gasteiger partial charge in [-0.1, -0.05) is 29.8 Å². The van der Waals surface area contributed by atoms with E-state index in [4.69, 9.17) is 0 Å². The number of benzene rings is 3. The number of para-hydroxylation sites is 1. The summed E-state index contributed by atoms with van der Waals surface area (Å²) in [6.07, 6.45) is 0. The molecule has 0 unspecified atom stereocenters. The molecule has 140 valence electrons. The molecule has 29 heavy (non-hydrogen) atoms. The Morgan fingerprint density at radius 1 is 0.931 bits per heavy atom. The van der Waals surface area contributed by atoms with Crippen molar-refractivity contribution < 1.29 is 9.85 Å². The number of nitro groups is 2. The van der Waals surface area contributed by atoms with Crippen LogP contribution in [0.3, 0.4) is 0 Å². The molecule has 0 aliphatic heterocycles. The van der Waals surface area contributed by atoms with Crippen molar-refractivity contribution in [1.29, 1.82) is 5.26 Å². The van der Waals surface area contributed by atoms with Gasteiger partial charge in [0.1, 0.15) is 6.07 Å². The van der Waals surface area contributed by atoms with Crippen molar-refractivity contribution in [3.63, 3.8) is 0 Å². The van der Waals surface area contributed by atoms with Crippen molar-refractivity contribution in [2.45, 2.75) is 6.92 Å². The molecule has 0 saturated heterocycles. The Balaban J connectivity index is 2.11. The smallest absolute Gasteiger partial charge is 0.258 e. The van der Waals surface area contributed by atoms with Gasteiger partial charge in [0.15, 0.2) is 0 Å². The van der Waals surface area contributed by atoms with Gasteiger partial charge in [0.25, 0.3) is 11.4 Å². The fourth-order valence-electron chi connectivity index (χ4n) is 3.45. The van der Waals surface area contributed by atoms with Crippen LogP contribution < -0.4 is 0 Å². The van der Waals surface area contributed by atoms with Crippen LogP contribution in [0.1, 0.15) is 22.3 Å². The van der Waals surface area contributed by atoms with Gasteiger partial charge >= 0.3 is 0 Å². The molecule has 3 aromatic rings. The SMILES string of the molecule is Cc1ccc2c(c1)C(=Nc1ccccc1C#N)c1cc([N+](=O)[O-])cc([N+](=O)[O-])c1-2. The standard InChI is InChI=1S/C21H12N4O4/c1-12-6-7-15-16(8-12)21(23-18-5-3-2-4-13(18)11-22)17-9-14(24(26)27)10-19(20(15)17)25(28)29/h2-10H,1H3. The maximum atomic E-state index is 11.7. The van der Waals surface area contributed by atoms with E-state index in [0.29, 0.717) is 39.2 Å². The Morgan fingerprint density at radius 2 is 1.69 bits per heavy atom. The van der Waals surface area contributed by atoms with Crippen molar-refractivity contribution in [3.8, 4) is 17.2 Å². The van der Waals surface area contributed by atoms with Crippen molar-refractivity contribution in [1.82, 2.24) is 0 Å². The molecule has 0 spiro atoms. The summed E-state index contributed by atoms with van der Waals surface area (Å²) in [6.45, 7) is 1.88. The van der Waals surface area contributed by atoms with Gasteiger partial charge in [0, 0.05) is 17.2 Å². The van der Waals surface area contributed by atoms with Crippen LogP contribution in [-0.2, 0) is 0 Å². The molecule has 0 fully saturated rings. The number of rotatable bonds is 3. The molecule has 0 radical (unpaired) electrons. The van der Waals surface area contributed by atoms with Gasteiger partial charge in [-0.2, -0.15) is 5.26 Å². The van der Waals surface area contributed by atoms with Crippen molar-refractivity contribution in [2.24, 2.45) is 4.99 Å². The molecule has 0 aromatic heterocycles. The highest BCUT2D eigenvalue weighted by Crippen LogP contribution is 2.45. The number of nitriles is 1. The molecule has 0 atom stereocenters. The van der Waals surface area contributed by atoms with Gasteiger partial charge in [-0.3, -0.25) is 20.2 Å². The van der Waals surface area contributed by atoms with Crippen LogP contribution in [0.15, 0.2) is 59.6 Å². The van der Waals surface area contributed by atoms with Gasteiger partial charge in [-0.25, -0.2) is 4.99 Å². The van der Waals surface area contributed by atoms with E-state index in [9.17, 15) is 25.5 Å². The highest BCUT2D eigenvalue weighted by molar-refractivity contribution is 6.26. The number of aliphatic imine (C=N–C) groups is 1. The van der Waals surface area contributed by atoms with E-state index in [1.165, 1.54) is 6.07 Å². The fourth-order valence-corrected chi connectivity index (χ4v) is 3.45.